The van der Waals surface area contributed by atoms with Crippen molar-refractivity contribution in [3.8, 4) is 0 Å². The Hall–Kier alpha value is -2.51. The molecule has 0 spiro atoms. The van der Waals surface area contributed by atoms with Gasteiger partial charge in [0.2, 0.25) is 15.9 Å². The van der Waals surface area contributed by atoms with Crippen LogP contribution in [0.2, 0.25) is 0 Å². The number of ketones is 1. The number of piperazine rings is 1. The summed E-state index contributed by atoms with van der Waals surface area (Å²) in [5.74, 6) is -0.0123. The third-order valence-corrected chi connectivity index (χ3v) is 7.63. The van der Waals surface area contributed by atoms with Gasteiger partial charge in [-0.3, -0.25) is 9.59 Å². The van der Waals surface area contributed by atoms with Gasteiger partial charge in [-0.05, 0) is 50.8 Å². The van der Waals surface area contributed by atoms with Crippen LogP contribution in [0.3, 0.4) is 0 Å². The molecule has 0 aromatic heterocycles. The first-order chi connectivity index (χ1) is 14.8. The molecule has 0 N–H and O–H groups in total. The molecular formula is C24H30N2O4S. The predicted molar refractivity (Wildman–Crippen MR) is 121 cm³/mol. The summed E-state index contributed by atoms with van der Waals surface area (Å²) in [4.78, 5) is 25.8. The topological polar surface area (TPSA) is 74.8 Å². The number of unbranched alkanes of at least 4 members (excludes halogenated alkanes) is 1. The Balaban J connectivity index is 1.45. The molecule has 3 rings (SSSR count). The van der Waals surface area contributed by atoms with E-state index < -0.39 is 10.0 Å². The minimum Gasteiger partial charge on any atom is -0.340 e. The smallest absolute Gasteiger partial charge is 0.243 e. The lowest BCUT2D eigenvalue weighted by molar-refractivity contribution is -0.132. The lowest BCUT2D eigenvalue weighted by Crippen LogP contribution is -2.50. The van der Waals surface area contributed by atoms with Crippen molar-refractivity contribution in [2.24, 2.45) is 0 Å². The first-order valence-electron chi connectivity index (χ1n) is 10.7. The lowest BCUT2D eigenvalue weighted by Gasteiger charge is -2.34. The monoisotopic (exact) mass is 442 g/mol. The summed E-state index contributed by atoms with van der Waals surface area (Å²) in [6.45, 7) is 4.89. The predicted octanol–water partition coefficient (Wildman–Crippen LogP) is 3.44. The third kappa shape index (κ3) is 6.02. The second kappa shape index (κ2) is 10.2. The van der Waals surface area contributed by atoms with Gasteiger partial charge in [0.05, 0.1) is 4.90 Å². The van der Waals surface area contributed by atoms with Crippen LogP contribution in [-0.2, 0) is 21.2 Å². The van der Waals surface area contributed by atoms with Crippen molar-refractivity contribution in [3.05, 3.63) is 65.2 Å². The van der Waals surface area contributed by atoms with Crippen LogP contribution >= 0.6 is 0 Å². The van der Waals surface area contributed by atoms with Gasteiger partial charge in [-0.2, -0.15) is 4.31 Å². The number of hydrogen-bond acceptors (Lipinski definition) is 4. The van der Waals surface area contributed by atoms with E-state index in [0.29, 0.717) is 25.1 Å². The minimum absolute atomic E-state index is 0.0896. The number of nitrogens with zero attached hydrogens (tertiary/aromatic N) is 2. The standard InChI is InChI=1S/C24H30N2O4S/c1-19-7-9-21(10-8-19)5-3-4-6-24(28)25-15-17-26(18-16-25)31(29,30)23-13-11-22(12-14-23)20(2)27/h7-14H,3-6,15-18H2,1-2H3. The molecule has 0 bridgehead atoms. The van der Waals surface area contributed by atoms with Crippen molar-refractivity contribution < 1.29 is 18.0 Å². The summed E-state index contributed by atoms with van der Waals surface area (Å²) in [5, 5.41) is 0. The number of carbonyl (C=O) groups is 2. The Morgan fingerprint density at radius 3 is 2.06 bits per heavy atom. The number of benzene rings is 2. The van der Waals surface area contributed by atoms with Gasteiger partial charge in [-0.1, -0.05) is 42.0 Å². The van der Waals surface area contributed by atoms with E-state index in [1.807, 2.05) is 0 Å². The Kier molecular flexibility index (Phi) is 7.62. The molecule has 0 radical (unpaired) electrons. The molecule has 0 atom stereocenters. The highest BCUT2D eigenvalue weighted by atomic mass is 32.2. The molecule has 6 nitrogen and oxygen atoms in total. The fraction of sp³-hybridized carbons (Fsp3) is 0.417. The number of aryl methyl sites for hydroxylation is 2. The summed E-state index contributed by atoms with van der Waals surface area (Å²) >= 11 is 0. The largest absolute Gasteiger partial charge is 0.340 e. The molecule has 166 valence electrons. The van der Waals surface area contributed by atoms with Gasteiger partial charge in [0.25, 0.3) is 0 Å². The van der Waals surface area contributed by atoms with E-state index >= 15 is 0 Å². The zero-order valence-electron chi connectivity index (χ0n) is 18.2. The van der Waals surface area contributed by atoms with Crippen molar-refractivity contribution >= 4 is 21.7 Å². The summed E-state index contributed by atoms with van der Waals surface area (Å²) in [7, 11) is -3.62. The molecule has 0 unspecified atom stereocenters. The zero-order valence-corrected chi connectivity index (χ0v) is 19.0. The van der Waals surface area contributed by atoms with Crippen LogP contribution in [0.4, 0.5) is 0 Å². The van der Waals surface area contributed by atoms with Crippen LogP contribution in [0.15, 0.2) is 53.4 Å². The van der Waals surface area contributed by atoms with Crippen LogP contribution in [0, 0.1) is 6.92 Å². The van der Waals surface area contributed by atoms with E-state index in [1.165, 1.54) is 46.6 Å². The number of rotatable bonds is 8. The van der Waals surface area contributed by atoms with Crippen molar-refractivity contribution in [1.29, 1.82) is 0 Å². The third-order valence-electron chi connectivity index (χ3n) is 5.72. The highest BCUT2D eigenvalue weighted by molar-refractivity contribution is 7.89. The van der Waals surface area contributed by atoms with Crippen LogP contribution in [0.1, 0.15) is 47.7 Å². The molecule has 1 saturated heterocycles. The van der Waals surface area contributed by atoms with Gasteiger partial charge < -0.3 is 4.90 Å². The summed E-state index contributed by atoms with van der Waals surface area (Å²) < 4.78 is 27.1. The van der Waals surface area contributed by atoms with E-state index in [9.17, 15) is 18.0 Å². The van der Waals surface area contributed by atoms with Gasteiger partial charge in [-0.15, -0.1) is 0 Å². The Morgan fingerprint density at radius 1 is 0.871 bits per heavy atom. The number of sulfonamides is 1. The molecule has 2 aromatic rings. The first kappa shape index (κ1) is 23.2. The zero-order chi connectivity index (χ0) is 22.4. The summed E-state index contributed by atoms with van der Waals surface area (Å²) in [6, 6.07) is 14.5. The number of hydrogen-bond donors (Lipinski definition) is 0. The van der Waals surface area contributed by atoms with Gasteiger partial charge >= 0.3 is 0 Å². The quantitative estimate of drug-likeness (QED) is 0.464. The second-order valence-electron chi connectivity index (χ2n) is 8.06. The molecule has 7 heteroatoms. The van der Waals surface area contributed by atoms with Gasteiger partial charge in [-0.25, -0.2) is 8.42 Å². The minimum atomic E-state index is -3.62. The Morgan fingerprint density at radius 2 is 1.48 bits per heavy atom. The summed E-state index contributed by atoms with van der Waals surface area (Å²) in [6.07, 6.45) is 3.24. The Bertz CT molecular complexity index is 1010. The lowest BCUT2D eigenvalue weighted by atomic mass is 10.1. The number of carbonyl (C=O) groups excluding carboxylic acids is 2. The molecule has 1 aliphatic heterocycles. The molecule has 0 aliphatic carbocycles. The van der Waals surface area contributed by atoms with Crippen molar-refractivity contribution in [1.82, 2.24) is 9.21 Å². The molecule has 1 aliphatic rings. The van der Waals surface area contributed by atoms with E-state index in [0.717, 1.165) is 19.3 Å². The fourth-order valence-corrected chi connectivity index (χ4v) is 5.13. The Labute approximate surface area is 184 Å². The molecule has 2 aromatic carbocycles. The van der Waals surface area contributed by atoms with Gasteiger partial charge in [0, 0.05) is 38.2 Å². The normalized spacial score (nSPS) is 15.1. The van der Waals surface area contributed by atoms with E-state index in [2.05, 4.69) is 31.2 Å². The van der Waals surface area contributed by atoms with Gasteiger partial charge in [0.1, 0.15) is 0 Å². The maximum Gasteiger partial charge on any atom is 0.243 e. The van der Waals surface area contributed by atoms with Crippen LogP contribution in [0.25, 0.3) is 0 Å². The van der Waals surface area contributed by atoms with Crippen molar-refractivity contribution in [3.63, 3.8) is 0 Å². The maximum absolute atomic E-state index is 12.8. The average molecular weight is 443 g/mol. The average Bonchev–Trinajstić information content (AvgIpc) is 2.78. The van der Waals surface area contributed by atoms with E-state index in [1.54, 1.807) is 4.90 Å². The van der Waals surface area contributed by atoms with Gasteiger partial charge in [0.15, 0.2) is 5.78 Å². The maximum atomic E-state index is 12.8. The van der Waals surface area contributed by atoms with Crippen LogP contribution in [-0.4, -0.2) is 55.5 Å². The highest BCUT2D eigenvalue weighted by Crippen LogP contribution is 2.19. The van der Waals surface area contributed by atoms with Crippen molar-refractivity contribution in [2.45, 2.75) is 44.4 Å². The molecule has 1 fully saturated rings. The van der Waals surface area contributed by atoms with E-state index in [4.69, 9.17) is 0 Å². The molecule has 0 saturated carbocycles. The van der Waals surface area contributed by atoms with E-state index in [-0.39, 0.29) is 29.7 Å². The number of Topliss-reactive ketones (excluding diaryl/α,β-unsaturated/α-hetero) is 1. The van der Waals surface area contributed by atoms with Crippen LogP contribution in [0.5, 0.6) is 0 Å². The molecule has 31 heavy (non-hydrogen) atoms. The highest BCUT2D eigenvalue weighted by Gasteiger charge is 2.29. The number of amides is 1. The SMILES string of the molecule is CC(=O)c1ccc(S(=O)(=O)N2CCN(C(=O)CCCCc3ccc(C)cc3)CC2)cc1. The van der Waals surface area contributed by atoms with Crippen LogP contribution < -0.4 is 0 Å². The summed E-state index contributed by atoms with van der Waals surface area (Å²) in [5.41, 5.74) is 3.01. The molecular weight excluding hydrogens is 412 g/mol. The fourth-order valence-electron chi connectivity index (χ4n) is 3.71. The second-order valence-corrected chi connectivity index (χ2v) is 10.00. The van der Waals surface area contributed by atoms with Crippen molar-refractivity contribution in [2.75, 3.05) is 26.2 Å². The first-order valence-corrected chi connectivity index (χ1v) is 12.2. The molecule has 1 amide bonds. The molecule has 1 heterocycles.